The number of ether oxygens (including phenoxy) is 1. The number of nitrogens with one attached hydrogen (secondary N) is 1. The molecule has 2 N–H and O–H groups in total. The van der Waals surface area contributed by atoms with Gasteiger partial charge in [0.15, 0.2) is 6.61 Å². The third-order valence-corrected chi connectivity index (χ3v) is 4.17. The van der Waals surface area contributed by atoms with Crippen LogP contribution < -0.4 is 10.1 Å². The van der Waals surface area contributed by atoms with E-state index in [0.717, 1.165) is 12.8 Å². The van der Waals surface area contributed by atoms with Gasteiger partial charge in [-0.2, -0.15) is 0 Å². The van der Waals surface area contributed by atoms with Gasteiger partial charge in [0.1, 0.15) is 5.75 Å². The lowest BCUT2D eigenvalue weighted by Gasteiger charge is -2.17. The molecule has 1 amide bonds. The molecule has 21 heavy (non-hydrogen) atoms. The molecule has 1 aliphatic carbocycles. The van der Waals surface area contributed by atoms with Gasteiger partial charge in [0.25, 0.3) is 5.91 Å². The van der Waals surface area contributed by atoms with E-state index in [-0.39, 0.29) is 25.2 Å². The number of aliphatic hydroxyl groups excluding tert-OH is 1. The Balaban J connectivity index is 1.85. The van der Waals surface area contributed by atoms with Gasteiger partial charge in [-0.3, -0.25) is 4.79 Å². The maximum absolute atomic E-state index is 11.9. The van der Waals surface area contributed by atoms with Gasteiger partial charge in [0.05, 0.1) is 6.61 Å². The lowest BCUT2D eigenvalue weighted by Crippen LogP contribution is -2.37. The third kappa shape index (κ3) is 4.90. The Morgan fingerprint density at radius 2 is 2.00 bits per heavy atom. The number of amides is 1. The molecule has 0 heterocycles. The number of carbonyl (C=O) groups excluding carboxylic acids is 1. The second-order valence-electron chi connectivity index (χ2n) is 5.42. The van der Waals surface area contributed by atoms with Gasteiger partial charge in [-0.1, -0.05) is 43.4 Å². The fourth-order valence-corrected chi connectivity index (χ4v) is 2.89. The lowest BCUT2D eigenvalue weighted by atomic mass is 10.1. The molecule has 0 saturated heterocycles. The molecular formula is C16H22ClNO3. The van der Waals surface area contributed by atoms with E-state index in [1.165, 1.54) is 25.7 Å². The largest absolute Gasteiger partial charge is 0.483 e. The maximum atomic E-state index is 11.9. The molecule has 1 aliphatic rings. The molecule has 0 unspecified atom stereocenters. The number of halogens is 1. The highest BCUT2D eigenvalue weighted by Gasteiger charge is 2.15. The monoisotopic (exact) mass is 311 g/mol. The van der Waals surface area contributed by atoms with Crippen molar-refractivity contribution < 1.29 is 14.6 Å². The van der Waals surface area contributed by atoms with Crippen molar-refractivity contribution in [2.45, 2.75) is 51.2 Å². The quantitative estimate of drug-likeness (QED) is 0.822. The Hall–Kier alpha value is -1.26. The number of aliphatic hydroxyl groups is 1. The van der Waals surface area contributed by atoms with Crippen LogP contribution in [0.2, 0.25) is 5.02 Å². The highest BCUT2D eigenvalue weighted by atomic mass is 35.5. The number of carbonyl (C=O) groups is 1. The van der Waals surface area contributed by atoms with Gasteiger partial charge in [0, 0.05) is 16.6 Å². The summed E-state index contributed by atoms with van der Waals surface area (Å²) in [7, 11) is 0. The van der Waals surface area contributed by atoms with Crippen molar-refractivity contribution in [3.8, 4) is 5.75 Å². The summed E-state index contributed by atoms with van der Waals surface area (Å²) in [5.74, 6) is 0.340. The summed E-state index contributed by atoms with van der Waals surface area (Å²) in [6.45, 7) is -0.261. The molecule has 1 fully saturated rings. The zero-order valence-electron chi connectivity index (χ0n) is 12.1. The maximum Gasteiger partial charge on any atom is 0.258 e. The summed E-state index contributed by atoms with van der Waals surface area (Å²) in [6, 6.07) is 5.39. The molecule has 1 aromatic carbocycles. The Kier molecular flexibility index (Phi) is 6.33. The highest BCUT2D eigenvalue weighted by Crippen LogP contribution is 2.26. The van der Waals surface area contributed by atoms with Gasteiger partial charge in [-0.15, -0.1) is 0 Å². The molecule has 0 aromatic heterocycles. The molecule has 4 nitrogen and oxygen atoms in total. The van der Waals surface area contributed by atoms with E-state index in [1.54, 1.807) is 18.2 Å². The summed E-state index contributed by atoms with van der Waals surface area (Å²) in [5, 5.41) is 12.8. The number of hydrogen-bond acceptors (Lipinski definition) is 3. The van der Waals surface area contributed by atoms with Crippen LogP contribution in [0.1, 0.15) is 44.1 Å². The van der Waals surface area contributed by atoms with Crippen molar-refractivity contribution in [3.63, 3.8) is 0 Å². The molecule has 1 aromatic rings. The van der Waals surface area contributed by atoms with Crippen molar-refractivity contribution in [3.05, 3.63) is 28.8 Å². The second kappa shape index (κ2) is 8.25. The fraction of sp³-hybridized carbons (Fsp3) is 0.562. The average molecular weight is 312 g/mol. The first-order valence-electron chi connectivity index (χ1n) is 7.51. The Morgan fingerprint density at radius 1 is 1.29 bits per heavy atom. The summed E-state index contributed by atoms with van der Waals surface area (Å²) >= 11 is 5.98. The molecule has 0 atom stereocenters. The predicted molar refractivity (Wildman–Crippen MR) is 82.5 cm³/mol. The number of rotatable bonds is 5. The zero-order valence-corrected chi connectivity index (χ0v) is 12.9. The first-order chi connectivity index (χ1) is 10.2. The van der Waals surface area contributed by atoms with Crippen molar-refractivity contribution in [1.29, 1.82) is 0 Å². The Labute approximate surface area is 130 Å². The van der Waals surface area contributed by atoms with Gasteiger partial charge in [-0.05, 0) is 25.0 Å². The van der Waals surface area contributed by atoms with Crippen molar-refractivity contribution >= 4 is 17.5 Å². The smallest absolute Gasteiger partial charge is 0.258 e. The van der Waals surface area contributed by atoms with Crippen LogP contribution >= 0.6 is 11.6 Å². The van der Waals surface area contributed by atoms with E-state index in [1.807, 2.05) is 0 Å². The molecule has 0 bridgehead atoms. The predicted octanol–water partition coefficient (Wildman–Crippen LogP) is 3.05. The van der Waals surface area contributed by atoms with E-state index in [2.05, 4.69) is 5.32 Å². The summed E-state index contributed by atoms with van der Waals surface area (Å²) in [4.78, 5) is 11.9. The van der Waals surface area contributed by atoms with Crippen molar-refractivity contribution in [2.24, 2.45) is 0 Å². The molecular weight excluding hydrogens is 290 g/mol. The van der Waals surface area contributed by atoms with E-state index < -0.39 is 0 Å². The first-order valence-corrected chi connectivity index (χ1v) is 7.89. The molecule has 2 rings (SSSR count). The third-order valence-electron chi connectivity index (χ3n) is 3.81. The van der Waals surface area contributed by atoms with E-state index >= 15 is 0 Å². The fourth-order valence-electron chi connectivity index (χ4n) is 2.66. The van der Waals surface area contributed by atoms with Crippen LogP contribution in [0.4, 0.5) is 0 Å². The normalized spacial score (nSPS) is 16.3. The summed E-state index contributed by atoms with van der Waals surface area (Å²) < 4.78 is 5.49. The molecule has 1 saturated carbocycles. The van der Waals surface area contributed by atoms with Crippen LogP contribution in [0.5, 0.6) is 5.75 Å². The Bertz CT molecular complexity index is 471. The Morgan fingerprint density at radius 3 is 2.67 bits per heavy atom. The van der Waals surface area contributed by atoms with Gasteiger partial charge >= 0.3 is 0 Å². The number of hydrogen-bond donors (Lipinski definition) is 2. The zero-order chi connectivity index (χ0) is 15.1. The van der Waals surface area contributed by atoms with E-state index in [9.17, 15) is 9.90 Å². The minimum Gasteiger partial charge on any atom is -0.483 e. The van der Waals surface area contributed by atoms with Crippen LogP contribution in [0, 0.1) is 0 Å². The standard InChI is InChI=1S/C16H22ClNO3/c17-14-8-5-9-15(13(14)10-19)21-11-16(20)18-12-6-3-1-2-4-7-12/h5,8-9,12,19H,1-4,6-7,10-11H2,(H,18,20). The lowest BCUT2D eigenvalue weighted by molar-refractivity contribution is -0.123. The summed E-state index contributed by atoms with van der Waals surface area (Å²) in [5.41, 5.74) is 0.515. The molecule has 116 valence electrons. The average Bonchev–Trinajstić information content (AvgIpc) is 2.74. The molecule has 0 spiro atoms. The van der Waals surface area contributed by atoms with E-state index in [4.69, 9.17) is 16.3 Å². The highest BCUT2D eigenvalue weighted by molar-refractivity contribution is 6.31. The molecule has 0 aliphatic heterocycles. The molecule has 5 heteroatoms. The van der Waals surface area contributed by atoms with Crippen LogP contribution in [0.25, 0.3) is 0 Å². The minimum atomic E-state index is -0.209. The SMILES string of the molecule is O=C(COc1cccc(Cl)c1CO)NC1CCCCCC1. The van der Waals surface area contributed by atoms with Gasteiger partial charge in [-0.25, -0.2) is 0 Å². The van der Waals surface area contributed by atoms with Crippen LogP contribution in [0.3, 0.4) is 0 Å². The molecule has 0 radical (unpaired) electrons. The van der Waals surface area contributed by atoms with Gasteiger partial charge in [0.2, 0.25) is 0 Å². The van der Waals surface area contributed by atoms with Crippen molar-refractivity contribution in [1.82, 2.24) is 5.32 Å². The van der Waals surface area contributed by atoms with Crippen LogP contribution in [-0.2, 0) is 11.4 Å². The number of benzene rings is 1. The van der Waals surface area contributed by atoms with Crippen LogP contribution in [-0.4, -0.2) is 23.7 Å². The summed E-state index contributed by atoms with van der Waals surface area (Å²) in [6.07, 6.45) is 6.95. The topological polar surface area (TPSA) is 58.6 Å². The minimum absolute atomic E-state index is 0.0517. The van der Waals surface area contributed by atoms with Crippen molar-refractivity contribution in [2.75, 3.05) is 6.61 Å². The van der Waals surface area contributed by atoms with E-state index in [0.29, 0.717) is 16.3 Å². The van der Waals surface area contributed by atoms with Crippen LogP contribution in [0.15, 0.2) is 18.2 Å². The van der Waals surface area contributed by atoms with Gasteiger partial charge < -0.3 is 15.2 Å². The first kappa shape index (κ1) is 16.1. The second-order valence-corrected chi connectivity index (χ2v) is 5.83.